The third kappa shape index (κ3) is 6.94. The number of aliphatic carboxylic acids is 1. The van der Waals surface area contributed by atoms with Gasteiger partial charge in [-0.05, 0) is 49.5 Å². The fourth-order valence-electron chi connectivity index (χ4n) is 4.64. The van der Waals surface area contributed by atoms with Crippen molar-refractivity contribution in [2.75, 3.05) is 57.5 Å². The molecule has 36 heavy (non-hydrogen) atoms. The van der Waals surface area contributed by atoms with Crippen molar-refractivity contribution in [3.8, 4) is 0 Å². The molecule has 0 unspecified atom stereocenters. The first-order valence-electron chi connectivity index (χ1n) is 12.1. The van der Waals surface area contributed by atoms with Crippen LogP contribution in [0.1, 0.15) is 37.2 Å². The van der Waals surface area contributed by atoms with Gasteiger partial charge in [0.25, 0.3) is 0 Å². The van der Waals surface area contributed by atoms with Crippen LogP contribution in [0.3, 0.4) is 0 Å². The largest absolute Gasteiger partial charge is 0.481 e. The number of rotatable bonds is 11. The SMILES string of the molecule is Cl.Cn1nc(N2CCC(=O)NC2=O)c2ccc(C3CCN(CCOCCOCCC(=O)O)CC3)cc21. The van der Waals surface area contributed by atoms with Crippen LogP contribution >= 0.6 is 12.4 Å². The van der Waals surface area contributed by atoms with Gasteiger partial charge in [-0.2, -0.15) is 5.10 Å². The molecule has 0 atom stereocenters. The number of carboxylic acid groups (broad SMARTS) is 1. The Morgan fingerprint density at radius 1 is 1.11 bits per heavy atom. The molecular weight excluding hydrogens is 490 g/mol. The van der Waals surface area contributed by atoms with Crippen molar-refractivity contribution in [3.05, 3.63) is 23.8 Å². The molecule has 2 fully saturated rings. The third-order valence-corrected chi connectivity index (χ3v) is 6.61. The molecule has 0 saturated carbocycles. The van der Waals surface area contributed by atoms with Gasteiger partial charge in [-0.25, -0.2) is 4.79 Å². The molecule has 2 saturated heterocycles. The number of piperidine rings is 1. The van der Waals surface area contributed by atoms with E-state index in [0.717, 1.165) is 43.4 Å². The van der Waals surface area contributed by atoms with Crippen LogP contribution in [0.25, 0.3) is 10.9 Å². The van der Waals surface area contributed by atoms with E-state index in [1.165, 1.54) is 10.5 Å². The van der Waals surface area contributed by atoms with Crippen molar-refractivity contribution in [1.29, 1.82) is 0 Å². The van der Waals surface area contributed by atoms with E-state index in [4.69, 9.17) is 14.6 Å². The van der Waals surface area contributed by atoms with Gasteiger partial charge in [-0.1, -0.05) is 6.07 Å². The number of hydrogen-bond acceptors (Lipinski definition) is 7. The van der Waals surface area contributed by atoms with Crippen molar-refractivity contribution in [1.82, 2.24) is 20.0 Å². The van der Waals surface area contributed by atoms with E-state index in [0.29, 0.717) is 38.1 Å². The second-order valence-electron chi connectivity index (χ2n) is 8.96. The number of hydrogen-bond donors (Lipinski definition) is 2. The van der Waals surface area contributed by atoms with E-state index >= 15 is 0 Å². The molecular formula is C24H34ClN5O6. The topological polar surface area (TPSA) is 126 Å². The fourth-order valence-corrected chi connectivity index (χ4v) is 4.64. The van der Waals surface area contributed by atoms with Crippen LogP contribution in [-0.4, -0.2) is 90.3 Å². The van der Waals surface area contributed by atoms with Crippen molar-refractivity contribution in [3.63, 3.8) is 0 Å². The van der Waals surface area contributed by atoms with E-state index in [-0.39, 0.29) is 37.8 Å². The Balaban J connectivity index is 0.00000361. The van der Waals surface area contributed by atoms with Crippen LogP contribution in [0.15, 0.2) is 18.2 Å². The number of halogens is 1. The van der Waals surface area contributed by atoms with Gasteiger partial charge >= 0.3 is 12.0 Å². The summed E-state index contributed by atoms with van der Waals surface area (Å²) >= 11 is 0. The number of carbonyl (C=O) groups is 3. The van der Waals surface area contributed by atoms with Gasteiger partial charge in [0.2, 0.25) is 5.91 Å². The second kappa shape index (κ2) is 13.0. The molecule has 3 heterocycles. The highest BCUT2D eigenvalue weighted by molar-refractivity contribution is 6.08. The summed E-state index contributed by atoms with van der Waals surface area (Å²) in [6.07, 6.45) is 2.41. The van der Waals surface area contributed by atoms with Crippen LogP contribution in [0, 0.1) is 0 Å². The van der Waals surface area contributed by atoms with Crippen molar-refractivity contribution < 1.29 is 29.0 Å². The number of urea groups is 1. The summed E-state index contributed by atoms with van der Waals surface area (Å²) in [5.41, 5.74) is 2.25. The molecule has 12 heteroatoms. The third-order valence-electron chi connectivity index (χ3n) is 6.61. The number of nitrogens with zero attached hydrogens (tertiary/aromatic N) is 4. The van der Waals surface area contributed by atoms with Crippen LogP contribution in [-0.2, 0) is 26.1 Å². The lowest BCUT2D eigenvalue weighted by atomic mass is 9.89. The summed E-state index contributed by atoms with van der Waals surface area (Å²) in [4.78, 5) is 38.1. The number of likely N-dealkylation sites (tertiary alicyclic amines) is 1. The highest BCUT2D eigenvalue weighted by atomic mass is 35.5. The van der Waals surface area contributed by atoms with E-state index in [2.05, 4.69) is 27.4 Å². The summed E-state index contributed by atoms with van der Waals surface area (Å²) in [6.45, 7) is 4.93. The Labute approximate surface area is 216 Å². The lowest BCUT2D eigenvalue weighted by molar-refractivity contribution is -0.138. The summed E-state index contributed by atoms with van der Waals surface area (Å²) < 4.78 is 12.6. The molecule has 2 aliphatic rings. The monoisotopic (exact) mass is 523 g/mol. The first-order chi connectivity index (χ1) is 16.9. The number of anilines is 1. The van der Waals surface area contributed by atoms with Gasteiger partial charge in [0.15, 0.2) is 5.82 Å². The average molecular weight is 524 g/mol. The Bertz CT molecular complexity index is 1070. The standard InChI is InChI=1S/C24H33N5O6.ClH/c1-27-20-16-18(2-3-19(20)23(26-27)29-10-6-21(30)25-24(29)33)17-4-8-28(9-5-17)11-13-35-15-14-34-12-7-22(31)32;/h2-3,16-17H,4-15H2,1H3,(H,31,32)(H,25,30,33);1H. The van der Waals surface area contributed by atoms with Gasteiger partial charge in [-0.15, -0.1) is 12.4 Å². The molecule has 1 aromatic heterocycles. The molecule has 4 rings (SSSR count). The quantitative estimate of drug-likeness (QED) is 0.429. The lowest BCUT2D eigenvalue weighted by Crippen LogP contribution is -2.49. The lowest BCUT2D eigenvalue weighted by Gasteiger charge is -2.32. The maximum Gasteiger partial charge on any atom is 0.329 e. The maximum absolute atomic E-state index is 12.3. The van der Waals surface area contributed by atoms with Crippen molar-refractivity contribution in [2.24, 2.45) is 7.05 Å². The van der Waals surface area contributed by atoms with Crippen LogP contribution in [0.4, 0.5) is 10.6 Å². The highest BCUT2D eigenvalue weighted by Gasteiger charge is 2.28. The molecule has 1 aromatic carbocycles. The van der Waals surface area contributed by atoms with Gasteiger partial charge in [0.1, 0.15) is 0 Å². The zero-order valence-electron chi connectivity index (χ0n) is 20.5. The Hall–Kier alpha value is -2.73. The van der Waals surface area contributed by atoms with Gasteiger partial charge in [-0.3, -0.25) is 24.5 Å². The number of carboxylic acids is 1. The minimum Gasteiger partial charge on any atom is -0.481 e. The highest BCUT2D eigenvalue weighted by Crippen LogP contribution is 2.33. The Kier molecular flexibility index (Phi) is 10.1. The molecule has 11 nitrogen and oxygen atoms in total. The summed E-state index contributed by atoms with van der Waals surface area (Å²) in [7, 11) is 1.88. The number of imide groups is 1. The molecule has 0 aliphatic carbocycles. The molecule has 0 spiro atoms. The summed E-state index contributed by atoms with van der Waals surface area (Å²) in [5, 5.41) is 16.4. The molecule has 198 valence electrons. The smallest absolute Gasteiger partial charge is 0.329 e. The van der Waals surface area contributed by atoms with E-state index < -0.39 is 12.0 Å². The predicted molar refractivity (Wildman–Crippen MR) is 136 cm³/mol. The van der Waals surface area contributed by atoms with Crippen LogP contribution < -0.4 is 10.2 Å². The minimum absolute atomic E-state index is 0. The minimum atomic E-state index is -0.857. The molecule has 0 radical (unpaired) electrons. The molecule has 0 bridgehead atoms. The fraction of sp³-hybridized carbons (Fsp3) is 0.583. The first kappa shape index (κ1) is 27.9. The number of fused-ring (bicyclic) bond motifs is 1. The van der Waals surface area contributed by atoms with Gasteiger partial charge in [0.05, 0.1) is 38.4 Å². The number of carbonyl (C=O) groups excluding carboxylic acids is 2. The van der Waals surface area contributed by atoms with Crippen LogP contribution in [0.2, 0.25) is 0 Å². The number of aryl methyl sites for hydroxylation is 1. The second-order valence-corrected chi connectivity index (χ2v) is 8.96. The first-order valence-corrected chi connectivity index (χ1v) is 12.1. The molecule has 2 N–H and O–H groups in total. The normalized spacial score (nSPS) is 17.3. The Morgan fingerprint density at radius 3 is 2.53 bits per heavy atom. The van der Waals surface area contributed by atoms with Gasteiger partial charge < -0.3 is 19.5 Å². The van der Waals surface area contributed by atoms with Crippen molar-refractivity contribution >= 4 is 47.0 Å². The predicted octanol–water partition coefficient (Wildman–Crippen LogP) is 2.13. The average Bonchev–Trinajstić information content (AvgIpc) is 3.16. The number of ether oxygens (including phenoxy) is 2. The summed E-state index contributed by atoms with van der Waals surface area (Å²) in [5.74, 6) is -0.0622. The number of benzene rings is 1. The number of amides is 3. The molecule has 3 amide bonds. The van der Waals surface area contributed by atoms with Crippen molar-refractivity contribution in [2.45, 2.75) is 31.6 Å². The molecule has 2 aromatic rings. The molecule has 2 aliphatic heterocycles. The zero-order valence-corrected chi connectivity index (χ0v) is 21.3. The Morgan fingerprint density at radius 2 is 1.83 bits per heavy atom. The van der Waals surface area contributed by atoms with E-state index in [1.54, 1.807) is 4.68 Å². The number of nitrogens with one attached hydrogen (secondary N) is 1. The van der Waals surface area contributed by atoms with E-state index in [9.17, 15) is 14.4 Å². The van der Waals surface area contributed by atoms with Gasteiger partial charge in [0, 0.05) is 31.9 Å². The number of aromatic nitrogens is 2. The van der Waals surface area contributed by atoms with E-state index in [1.807, 2.05) is 13.1 Å². The summed E-state index contributed by atoms with van der Waals surface area (Å²) in [6, 6.07) is 5.92. The van der Waals surface area contributed by atoms with Crippen LogP contribution in [0.5, 0.6) is 0 Å². The maximum atomic E-state index is 12.3. The zero-order chi connectivity index (χ0) is 24.8.